The van der Waals surface area contributed by atoms with Crippen LogP contribution in [-0.2, 0) is 9.59 Å². The number of para-hydroxylation sites is 2. The van der Waals surface area contributed by atoms with E-state index in [1.165, 1.54) is 13.3 Å². The fourth-order valence-electron chi connectivity index (χ4n) is 2.55. The van der Waals surface area contributed by atoms with Crippen LogP contribution in [0.3, 0.4) is 0 Å². The number of nitrogens with one attached hydrogen (secondary N) is 2. The monoisotopic (exact) mass is 495 g/mol. The third-order valence-corrected chi connectivity index (χ3v) is 4.82. The predicted molar refractivity (Wildman–Crippen MR) is 123 cm³/mol. The fourth-order valence-corrected chi connectivity index (χ4v) is 3.00. The fraction of sp³-hybridized carbons (Fsp3) is 0.0435. The summed E-state index contributed by atoms with van der Waals surface area (Å²) in [6.07, 6.45) is 1.35. The Morgan fingerprint density at radius 3 is 2.31 bits per heavy atom. The van der Waals surface area contributed by atoms with E-state index in [-0.39, 0.29) is 0 Å². The molecule has 3 aromatic carbocycles. The Bertz CT molecular complexity index is 1160. The van der Waals surface area contributed by atoms with Gasteiger partial charge in [-0.2, -0.15) is 5.10 Å². The van der Waals surface area contributed by atoms with E-state index >= 15 is 0 Å². The minimum Gasteiger partial charge on any atom is -0.495 e. The van der Waals surface area contributed by atoms with Gasteiger partial charge in [-0.15, -0.1) is 0 Å². The summed E-state index contributed by atoms with van der Waals surface area (Å²) >= 11 is 3.31. The second-order valence-corrected chi connectivity index (χ2v) is 7.15. The average molecular weight is 496 g/mol. The number of carbonyl (C=O) groups excluding carboxylic acids is 3. The predicted octanol–water partition coefficient (Wildman–Crippen LogP) is 3.77. The Hall–Kier alpha value is -3.98. The van der Waals surface area contributed by atoms with Crippen molar-refractivity contribution < 1.29 is 23.9 Å². The zero-order valence-corrected chi connectivity index (χ0v) is 18.5. The number of anilines is 1. The molecule has 0 atom stereocenters. The topological polar surface area (TPSA) is 106 Å². The number of benzene rings is 3. The molecule has 0 aromatic heterocycles. The quantitative estimate of drug-likeness (QED) is 0.178. The molecule has 32 heavy (non-hydrogen) atoms. The van der Waals surface area contributed by atoms with Crippen LogP contribution in [0.5, 0.6) is 11.5 Å². The highest BCUT2D eigenvalue weighted by molar-refractivity contribution is 9.10. The zero-order valence-electron chi connectivity index (χ0n) is 16.9. The number of nitrogens with zero attached hydrogens (tertiary/aromatic N) is 1. The molecule has 0 aliphatic carbocycles. The summed E-state index contributed by atoms with van der Waals surface area (Å²) in [7, 11) is 1.46. The molecule has 3 rings (SSSR count). The molecule has 0 spiro atoms. The van der Waals surface area contributed by atoms with E-state index in [0.717, 1.165) is 0 Å². The molecule has 0 fully saturated rings. The van der Waals surface area contributed by atoms with Crippen LogP contribution in [0.1, 0.15) is 15.9 Å². The molecule has 0 radical (unpaired) electrons. The molecule has 0 unspecified atom stereocenters. The first-order valence-corrected chi connectivity index (χ1v) is 10.1. The van der Waals surface area contributed by atoms with Crippen molar-refractivity contribution in [3.05, 3.63) is 88.4 Å². The molecule has 0 aliphatic heterocycles. The SMILES string of the molecule is COc1ccccc1NC(=O)C(=O)NN=Cc1ccc(OC(=O)c2ccccc2Br)cc1. The van der Waals surface area contributed by atoms with Crippen molar-refractivity contribution in [3.8, 4) is 11.5 Å². The number of hydrazone groups is 1. The molecule has 3 aromatic rings. The average Bonchev–Trinajstić information content (AvgIpc) is 2.80. The van der Waals surface area contributed by atoms with Crippen molar-refractivity contribution in [2.24, 2.45) is 5.10 Å². The standard InChI is InChI=1S/C23H18BrN3O5/c1-31-20-9-5-4-8-19(20)26-21(28)22(29)27-25-14-15-10-12-16(13-11-15)32-23(30)17-6-2-3-7-18(17)24/h2-14H,1H3,(H,26,28)(H,27,29). The number of rotatable bonds is 6. The highest BCUT2D eigenvalue weighted by atomic mass is 79.9. The van der Waals surface area contributed by atoms with Gasteiger partial charge in [0.1, 0.15) is 11.5 Å². The highest BCUT2D eigenvalue weighted by Crippen LogP contribution is 2.23. The summed E-state index contributed by atoms with van der Waals surface area (Å²) < 4.78 is 11.1. The molecule has 9 heteroatoms. The van der Waals surface area contributed by atoms with E-state index in [9.17, 15) is 14.4 Å². The lowest BCUT2D eigenvalue weighted by atomic mass is 10.2. The Balaban J connectivity index is 1.53. The molecule has 0 aliphatic rings. The van der Waals surface area contributed by atoms with Gasteiger partial charge in [-0.25, -0.2) is 10.2 Å². The first-order chi connectivity index (χ1) is 15.5. The normalized spacial score (nSPS) is 10.4. The summed E-state index contributed by atoms with van der Waals surface area (Å²) in [6, 6.07) is 20.1. The molecule has 2 N–H and O–H groups in total. The number of methoxy groups -OCH3 is 1. The molecular formula is C23H18BrN3O5. The Morgan fingerprint density at radius 2 is 1.59 bits per heavy atom. The summed E-state index contributed by atoms with van der Waals surface area (Å²) in [4.78, 5) is 36.2. The number of amides is 2. The van der Waals surface area contributed by atoms with Crippen molar-refractivity contribution in [2.45, 2.75) is 0 Å². The van der Waals surface area contributed by atoms with Gasteiger partial charge < -0.3 is 14.8 Å². The van der Waals surface area contributed by atoms with Crippen molar-refractivity contribution in [1.29, 1.82) is 0 Å². The first kappa shape index (κ1) is 22.7. The smallest absolute Gasteiger partial charge is 0.344 e. The van der Waals surface area contributed by atoms with Crippen LogP contribution in [0.2, 0.25) is 0 Å². The maximum Gasteiger partial charge on any atom is 0.344 e. The molecule has 0 heterocycles. The van der Waals surface area contributed by atoms with Gasteiger partial charge >= 0.3 is 17.8 Å². The van der Waals surface area contributed by atoms with Crippen molar-refractivity contribution in [2.75, 3.05) is 12.4 Å². The van der Waals surface area contributed by atoms with E-state index in [1.807, 2.05) is 0 Å². The van der Waals surface area contributed by atoms with Gasteiger partial charge in [0.15, 0.2) is 0 Å². The maximum atomic E-state index is 12.2. The molecule has 0 bridgehead atoms. The van der Waals surface area contributed by atoms with Gasteiger partial charge in [-0.05, 0) is 70.0 Å². The number of esters is 1. The minimum absolute atomic E-state index is 0.350. The lowest BCUT2D eigenvalue weighted by molar-refractivity contribution is -0.136. The summed E-state index contributed by atoms with van der Waals surface area (Å²) in [5, 5.41) is 6.22. The molecule has 0 saturated heterocycles. The van der Waals surface area contributed by atoms with Crippen LogP contribution in [0, 0.1) is 0 Å². The van der Waals surface area contributed by atoms with Crippen molar-refractivity contribution in [1.82, 2.24) is 5.43 Å². The Labute approximate surface area is 192 Å². The number of ether oxygens (including phenoxy) is 2. The van der Waals surface area contributed by atoms with Crippen LogP contribution in [0.25, 0.3) is 0 Å². The maximum absolute atomic E-state index is 12.2. The van der Waals surface area contributed by atoms with Gasteiger partial charge in [0, 0.05) is 4.47 Å². The third kappa shape index (κ3) is 6.02. The zero-order chi connectivity index (χ0) is 22.9. The van der Waals surface area contributed by atoms with Gasteiger partial charge in [-0.1, -0.05) is 24.3 Å². The third-order valence-electron chi connectivity index (χ3n) is 4.13. The largest absolute Gasteiger partial charge is 0.495 e. The van der Waals surface area contributed by atoms with Crippen LogP contribution in [0.4, 0.5) is 5.69 Å². The van der Waals surface area contributed by atoms with Crippen LogP contribution >= 0.6 is 15.9 Å². The summed E-state index contributed by atoms with van der Waals surface area (Å²) in [5.41, 5.74) is 3.55. The van der Waals surface area contributed by atoms with Gasteiger partial charge in [0.05, 0.1) is 24.6 Å². The minimum atomic E-state index is -0.939. The van der Waals surface area contributed by atoms with E-state index in [2.05, 4.69) is 31.8 Å². The highest BCUT2D eigenvalue weighted by Gasteiger charge is 2.15. The Morgan fingerprint density at radius 1 is 0.906 bits per heavy atom. The van der Waals surface area contributed by atoms with Crippen LogP contribution in [-0.4, -0.2) is 31.1 Å². The molecule has 8 nitrogen and oxygen atoms in total. The number of hydrogen-bond acceptors (Lipinski definition) is 6. The first-order valence-electron chi connectivity index (χ1n) is 9.32. The van der Waals surface area contributed by atoms with E-state index in [4.69, 9.17) is 9.47 Å². The van der Waals surface area contributed by atoms with Crippen LogP contribution in [0.15, 0.2) is 82.4 Å². The number of hydrogen-bond donors (Lipinski definition) is 2. The lowest BCUT2D eigenvalue weighted by Crippen LogP contribution is -2.32. The van der Waals surface area contributed by atoms with Gasteiger partial charge in [0.2, 0.25) is 0 Å². The molecular weight excluding hydrogens is 478 g/mol. The second kappa shape index (κ2) is 10.9. The van der Waals surface area contributed by atoms with Crippen molar-refractivity contribution in [3.63, 3.8) is 0 Å². The Kier molecular flexibility index (Phi) is 7.71. The van der Waals surface area contributed by atoms with E-state index in [1.54, 1.807) is 72.8 Å². The summed E-state index contributed by atoms with van der Waals surface area (Å²) in [5.74, 6) is -1.54. The molecule has 2 amide bonds. The van der Waals surface area contributed by atoms with E-state index in [0.29, 0.717) is 32.8 Å². The second-order valence-electron chi connectivity index (χ2n) is 6.29. The molecule has 162 valence electrons. The van der Waals surface area contributed by atoms with Crippen molar-refractivity contribution >= 4 is 45.6 Å². The van der Waals surface area contributed by atoms with Crippen LogP contribution < -0.4 is 20.2 Å². The van der Waals surface area contributed by atoms with E-state index < -0.39 is 17.8 Å². The van der Waals surface area contributed by atoms with Gasteiger partial charge in [-0.3, -0.25) is 9.59 Å². The number of halogens is 1. The lowest BCUT2D eigenvalue weighted by Gasteiger charge is -2.08. The molecule has 0 saturated carbocycles. The number of carbonyl (C=O) groups is 3. The summed E-state index contributed by atoms with van der Waals surface area (Å²) in [6.45, 7) is 0. The van der Waals surface area contributed by atoms with Gasteiger partial charge in [0.25, 0.3) is 0 Å².